The number of halogens is 2. The molecule has 0 spiro atoms. The van der Waals surface area contributed by atoms with Crippen molar-refractivity contribution < 1.29 is 8.78 Å². The molecule has 14 heavy (non-hydrogen) atoms. The van der Waals surface area contributed by atoms with Gasteiger partial charge in [0.1, 0.15) is 0 Å². The highest BCUT2D eigenvalue weighted by Crippen LogP contribution is 2.22. The summed E-state index contributed by atoms with van der Waals surface area (Å²) in [6.07, 6.45) is -0.179. The van der Waals surface area contributed by atoms with E-state index in [-0.39, 0.29) is 12.3 Å². The molecule has 1 aliphatic heterocycles. The Morgan fingerprint density at radius 3 is 2.57 bits per heavy atom. The Bertz CT molecular complexity index is 162. The number of nitrogens with zero attached hydrogens (tertiary/aromatic N) is 1. The lowest BCUT2D eigenvalue weighted by Gasteiger charge is -2.42. The predicted octanol–water partition coefficient (Wildman–Crippen LogP) is 1.70. The lowest BCUT2D eigenvalue weighted by molar-refractivity contribution is 0.0496. The van der Waals surface area contributed by atoms with Crippen molar-refractivity contribution in [2.75, 3.05) is 19.6 Å². The smallest absolute Gasteiger partial charge is 0.238 e. The Balaban J connectivity index is 2.25. The zero-order valence-electron chi connectivity index (χ0n) is 8.76. The number of alkyl halides is 2. The largest absolute Gasteiger partial charge is 0.329 e. The summed E-state index contributed by atoms with van der Waals surface area (Å²) in [6.45, 7) is 4.46. The monoisotopic (exact) mass is 206 g/mol. The lowest BCUT2D eigenvalue weighted by Crippen LogP contribution is -2.53. The normalized spacial score (nSPS) is 25.1. The Morgan fingerprint density at radius 1 is 1.50 bits per heavy atom. The van der Waals surface area contributed by atoms with Gasteiger partial charge >= 0.3 is 0 Å². The van der Waals surface area contributed by atoms with Gasteiger partial charge in [0, 0.05) is 32.1 Å². The molecule has 0 aromatic rings. The van der Waals surface area contributed by atoms with Gasteiger partial charge in [-0.2, -0.15) is 0 Å². The minimum Gasteiger partial charge on any atom is -0.329 e. The molecule has 0 aliphatic carbocycles. The molecule has 0 saturated carbocycles. The second kappa shape index (κ2) is 5.61. The third-order valence-electron chi connectivity index (χ3n) is 3.12. The van der Waals surface area contributed by atoms with Crippen LogP contribution in [0.4, 0.5) is 8.78 Å². The molecule has 0 radical (unpaired) electrons. The third-order valence-corrected chi connectivity index (χ3v) is 3.12. The second-order valence-electron chi connectivity index (χ2n) is 4.07. The summed E-state index contributed by atoms with van der Waals surface area (Å²) in [4.78, 5) is 2.23. The Hall–Kier alpha value is -0.220. The van der Waals surface area contributed by atoms with Gasteiger partial charge in [0.2, 0.25) is 6.43 Å². The van der Waals surface area contributed by atoms with Crippen LogP contribution in [-0.4, -0.2) is 37.0 Å². The van der Waals surface area contributed by atoms with Crippen LogP contribution in [0.1, 0.15) is 26.2 Å². The lowest BCUT2D eigenvalue weighted by atomic mass is 9.96. The van der Waals surface area contributed by atoms with Crippen molar-refractivity contribution in [3.8, 4) is 0 Å². The van der Waals surface area contributed by atoms with E-state index in [1.54, 1.807) is 0 Å². The minimum atomic E-state index is -2.17. The zero-order valence-corrected chi connectivity index (χ0v) is 8.76. The quantitative estimate of drug-likeness (QED) is 0.716. The van der Waals surface area contributed by atoms with E-state index in [9.17, 15) is 8.78 Å². The average Bonchev–Trinajstić information content (AvgIpc) is 2.10. The maximum absolute atomic E-state index is 12.2. The molecule has 0 aromatic heterocycles. The third kappa shape index (κ3) is 3.17. The van der Waals surface area contributed by atoms with Gasteiger partial charge < -0.3 is 5.73 Å². The number of likely N-dealkylation sites (tertiary alicyclic amines) is 1. The zero-order chi connectivity index (χ0) is 10.6. The van der Waals surface area contributed by atoms with E-state index in [4.69, 9.17) is 5.73 Å². The first-order valence-electron chi connectivity index (χ1n) is 5.39. The molecule has 2 N–H and O–H groups in total. The summed E-state index contributed by atoms with van der Waals surface area (Å²) < 4.78 is 24.4. The first kappa shape index (κ1) is 11.9. The van der Waals surface area contributed by atoms with Crippen LogP contribution in [0.3, 0.4) is 0 Å². The van der Waals surface area contributed by atoms with E-state index in [1.165, 1.54) is 0 Å². The van der Waals surface area contributed by atoms with Crippen LogP contribution in [0.25, 0.3) is 0 Å². The predicted molar refractivity (Wildman–Crippen MR) is 53.4 cm³/mol. The molecule has 1 saturated heterocycles. The van der Waals surface area contributed by atoms with Crippen LogP contribution in [0, 0.1) is 5.92 Å². The summed E-state index contributed by atoms with van der Waals surface area (Å²) in [7, 11) is 0. The van der Waals surface area contributed by atoms with Gasteiger partial charge in [0.15, 0.2) is 0 Å². The molecule has 0 bridgehead atoms. The van der Waals surface area contributed by atoms with Crippen molar-refractivity contribution in [2.45, 2.75) is 38.7 Å². The highest BCUT2D eigenvalue weighted by atomic mass is 19.3. The second-order valence-corrected chi connectivity index (χ2v) is 4.07. The molecule has 1 heterocycles. The van der Waals surface area contributed by atoms with Crippen LogP contribution in [-0.2, 0) is 0 Å². The van der Waals surface area contributed by atoms with Crippen molar-refractivity contribution >= 4 is 0 Å². The summed E-state index contributed by atoms with van der Waals surface area (Å²) in [5.74, 6) is 0.129. The molecule has 2 nitrogen and oxygen atoms in total. The fraction of sp³-hybridized carbons (Fsp3) is 1.00. The van der Waals surface area contributed by atoms with Gasteiger partial charge in [0.25, 0.3) is 0 Å². The van der Waals surface area contributed by atoms with Crippen LogP contribution >= 0.6 is 0 Å². The van der Waals surface area contributed by atoms with Gasteiger partial charge in [-0.05, 0) is 12.3 Å². The van der Waals surface area contributed by atoms with Crippen LogP contribution < -0.4 is 5.73 Å². The van der Waals surface area contributed by atoms with Crippen molar-refractivity contribution in [1.29, 1.82) is 0 Å². The van der Waals surface area contributed by atoms with E-state index >= 15 is 0 Å². The molecule has 1 aliphatic rings. The number of rotatable bonds is 6. The molecule has 0 aromatic carbocycles. The fourth-order valence-corrected chi connectivity index (χ4v) is 1.96. The highest BCUT2D eigenvalue weighted by molar-refractivity contribution is 4.84. The molecule has 1 fully saturated rings. The molecule has 2 atom stereocenters. The van der Waals surface area contributed by atoms with Crippen molar-refractivity contribution in [1.82, 2.24) is 4.90 Å². The van der Waals surface area contributed by atoms with Crippen LogP contribution in [0.2, 0.25) is 0 Å². The summed E-state index contributed by atoms with van der Waals surface area (Å²) in [5.41, 5.74) is 5.55. The number of hydrogen-bond donors (Lipinski definition) is 1. The molecule has 1 rings (SSSR count). The van der Waals surface area contributed by atoms with E-state index < -0.39 is 6.43 Å². The first-order chi connectivity index (χ1) is 6.67. The fourth-order valence-electron chi connectivity index (χ4n) is 1.96. The van der Waals surface area contributed by atoms with Gasteiger partial charge in [-0.3, -0.25) is 4.90 Å². The van der Waals surface area contributed by atoms with E-state index in [1.807, 2.05) is 6.92 Å². The molecule has 0 amide bonds. The van der Waals surface area contributed by atoms with Gasteiger partial charge in [-0.15, -0.1) is 0 Å². The number of nitrogens with two attached hydrogens (primary N) is 1. The van der Waals surface area contributed by atoms with E-state index in [2.05, 4.69) is 4.90 Å². The average molecular weight is 206 g/mol. The Labute approximate surface area is 84.4 Å². The Kier molecular flexibility index (Phi) is 4.75. The summed E-state index contributed by atoms with van der Waals surface area (Å²) in [6, 6.07) is 0.446. The van der Waals surface area contributed by atoms with Crippen LogP contribution in [0.5, 0.6) is 0 Å². The van der Waals surface area contributed by atoms with Gasteiger partial charge in [-0.1, -0.05) is 13.3 Å². The maximum atomic E-state index is 12.2. The Morgan fingerprint density at radius 2 is 2.21 bits per heavy atom. The van der Waals surface area contributed by atoms with Crippen molar-refractivity contribution in [3.05, 3.63) is 0 Å². The maximum Gasteiger partial charge on any atom is 0.238 e. The van der Waals surface area contributed by atoms with E-state index in [0.717, 1.165) is 25.9 Å². The topological polar surface area (TPSA) is 29.3 Å². The summed E-state index contributed by atoms with van der Waals surface area (Å²) >= 11 is 0. The standard InChI is InChI=1S/C10H20F2N2/c1-2-8(5-10(11)12)7-14-4-3-9(14)6-13/h8-10H,2-7,13H2,1H3. The van der Waals surface area contributed by atoms with Crippen molar-refractivity contribution in [2.24, 2.45) is 11.7 Å². The number of hydrogen-bond acceptors (Lipinski definition) is 2. The SMILES string of the molecule is CCC(CC(F)F)CN1CCC1CN. The van der Waals surface area contributed by atoms with Gasteiger partial charge in [0.05, 0.1) is 0 Å². The highest BCUT2D eigenvalue weighted by Gasteiger charge is 2.28. The molecule has 2 unspecified atom stereocenters. The molecule has 84 valence electrons. The molecular formula is C10H20F2N2. The summed E-state index contributed by atoms with van der Waals surface area (Å²) in [5, 5.41) is 0. The van der Waals surface area contributed by atoms with Crippen LogP contribution in [0.15, 0.2) is 0 Å². The minimum absolute atomic E-state index is 0.0320. The van der Waals surface area contributed by atoms with Gasteiger partial charge in [-0.25, -0.2) is 8.78 Å². The molecule has 4 heteroatoms. The van der Waals surface area contributed by atoms with E-state index in [0.29, 0.717) is 12.6 Å². The first-order valence-corrected chi connectivity index (χ1v) is 5.39. The molecular weight excluding hydrogens is 186 g/mol. The van der Waals surface area contributed by atoms with Crippen molar-refractivity contribution in [3.63, 3.8) is 0 Å².